The molecule has 0 atom stereocenters. The van der Waals surface area contributed by atoms with E-state index in [1.54, 1.807) is 0 Å². The molecule has 9 nitrogen and oxygen atoms in total. The molecule has 2 aliphatic heterocycles. The number of para-hydroxylation sites is 1. The van der Waals surface area contributed by atoms with E-state index in [0.717, 1.165) is 33.8 Å². The van der Waals surface area contributed by atoms with E-state index >= 15 is 0 Å². The second kappa shape index (κ2) is 9.25. The number of carbonyl (C=O) groups excluding carboxylic acids is 2. The van der Waals surface area contributed by atoms with Crippen molar-refractivity contribution in [3.8, 4) is 11.3 Å². The summed E-state index contributed by atoms with van der Waals surface area (Å²) in [5.41, 5.74) is 11.5. The maximum absolute atomic E-state index is 11.2. The first-order valence-corrected chi connectivity index (χ1v) is 11.8. The van der Waals surface area contributed by atoms with Crippen LogP contribution in [0.2, 0.25) is 0 Å². The lowest BCUT2D eigenvalue weighted by molar-refractivity contribution is -0.115. The number of rotatable bonds is 1. The predicted octanol–water partition coefficient (Wildman–Crippen LogP) is 2.57. The average molecular weight is 461 g/mol. The lowest BCUT2D eigenvalue weighted by Crippen LogP contribution is -2.03. The second-order valence-corrected chi connectivity index (χ2v) is 9.14. The fourth-order valence-corrected chi connectivity index (χ4v) is 3.54. The van der Waals surface area contributed by atoms with E-state index in [0.29, 0.717) is 24.2 Å². The van der Waals surface area contributed by atoms with Gasteiger partial charge in [0.2, 0.25) is 11.8 Å². The molecule has 1 aromatic heterocycles. The third kappa shape index (κ3) is 6.60. The fraction of sp³-hybridized carbons (Fsp3) is 0.150. The molecule has 3 heterocycles. The van der Waals surface area contributed by atoms with Gasteiger partial charge in [-0.05, 0) is 29.3 Å². The van der Waals surface area contributed by atoms with Gasteiger partial charge in [-0.25, -0.2) is 4.98 Å². The summed E-state index contributed by atoms with van der Waals surface area (Å²) in [7, 11) is -3.67. The molecular formula is C20H20N4O5S2. The molecule has 31 heavy (non-hydrogen) atoms. The van der Waals surface area contributed by atoms with Crippen LogP contribution in [0.25, 0.3) is 11.3 Å². The van der Waals surface area contributed by atoms with E-state index in [2.05, 4.69) is 15.6 Å². The second-order valence-electron chi connectivity index (χ2n) is 6.78. The van der Waals surface area contributed by atoms with Gasteiger partial charge in [0.05, 0.1) is 24.8 Å². The summed E-state index contributed by atoms with van der Waals surface area (Å²) < 4.78 is 25.9. The number of nitrogens with two attached hydrogens (primary N) is 1. The van der Waals surface area contributed by atoms with Gasteiger partial charge in [0.25, 0.3) is 10.1 Å². The highest BCUT2D eigenvalue weighted by molar-refractivity contribution is 7.85. The maximum Gasteiger partial charge on any atom is 0.261 e. The Hall–Kier alpha value is -3.28. The van der Waals surface area contributed by atoms with Gasteiger partial charge in [0.15, 0.2) is 5.13 Å². The van der Waals surface area contributed by atoms with Gasteiger partial charge in [-0.2, -0.15) is 8.42 Å². The summed E-state index contributed by atoms with van der Waals surface area (Å²) in [6.07, 6.45) is 1.70. The molecule has 2 aliphatic rings. The standard InChI is InChI=1S/C11H9N3OS.C8H7NO.CH4O3S/c12-11-14-9(5-16-11)6-1-2-8-7(3-6)4-10(15)13-8;10-8-5-6-3-1-2-4-7(6)9-8;1-5(2,3)4/h1-3,5H,4H2,(H2,12,14)(H,13,15);1-4H,5H2,(H,9,10);1H3,(H,2,3,4). The molecule has 5 rings (SSSR count). The number of benzene rings is 2. The lowest BCUT2D eigenvalue weighted by atomic mass is 10.1. The monoisotopic (exact) mass is 460 g/mol. The lowest BCUT2D eigenvalue weighted by Gasteiger charge is -2.00. The van der Waals surface area contributed by atoms with Crippen LogP contribution in [0.1, 0.15) is 11.1 Å². The number of nitrogens with one attached hydrogen (secondary N) is 2. The molecule has 2 amide bonds. The van der Waals surface area contributed by atoms with E-state index in [-0.39, 0.29) is 11.8 Å². The van der Waals surface area contributed by atoms with Crippen LogP contribution in [-0.4, -0.2) is 36.0 Å². The topological polar surface area (TPSA) is 151 Å². The van der Waals surface area contributed by atoms with Crippen molar-refractivity contribution in [1.82, 2.24) is 4.98 Å². The van der Waals surface area contributed by atoms with Crippen molar-refractivity contribution in [2.75, 3.05) is 22.6 Å². The van der Waals surface area contributed by atoms with E-state index in [4.69, 9.17) is 10.3 Å². The average Bonchev–Trinajstić information content (AvgIpc) is 3.36. The van der Waals surface area contributed by atoms with Gasteiger partial charge in [-0.3, -0.25) is 14.1 Å². The number of aromatic nitrogens is 1. The van der Waals surface area contributed by atoms with E-state index < -0.39 is 10.1 Å². The number of anilines is 3. The molecule has 0 radical (unpaired) electrons. The highest BCUT2D eigenvalue weighted by Gasteiger charge is 2.18. The Bertz CT molecular complexity index is 1200. The molecule has 162 valence electrons. The van der Waals surface area contributed by atoms with Gasteiger partial charge >= 0.3 is 0 Å². The zero-order chi connectivity index (χ0) is 22.6. The van der Waals surface area contributed by atoms with Crippen LogP contribution in [0, 0.1) is 0 Å². The smallest absolute Gasteiger partial charge is 0.261 e. The number of amides is 2. The number of hydrogen-bond acceptors (Lipinski definition) is 7. The van der Waals surface area contributed by atoms with Crippen molar-refractivity contribution in [3.05, 3.63) is 59.0 Å². The molecule has 3 aromatic rings. The summed E-state index contributed by atoms with van der Waals surface area (Å²) in [6.45, 7) is 0. The largest absolute Gasteiger partial charge is 0.375 e. The Morgan fingerprint density at radius 1 is 1.00 bits per heavy atom. The van der Waals surface area contributed by atoms with Gasteiger partial charge in [0.1, 0.15) is 0 Å². The first-order valence-electron chi connectivity index (χ1n) is 9.03. The Labute approximate surface area is 183 Å². The van der Waals surface area contributed by atoms with Crippen LogP contribution in [0.3, 0.4) is 0 Å². The predicted molar refractivity (Wildman–Crippen MR) is 121 cm³/mol. The number of carbonyl (C=O) groups is 2. The highest BCUT2D eigenvalue weighted by Crippen LogP contribution is 2.30. The first-order chi connectivity index (χ1) is 14.6. The molecule has 11 heteroatoms. The third-order valence-corrected chi connectivity index (χ3v) is 4.86. The zero-order valence-electron chi connectivity index (χ0n) is 16.5. The highest BCUT2D eigenvalue weighted by atomic mass is 32.2. The fourth-order valence-electron chi connectivity index (χ4n) is 2.97. The molecule has 0 unspecified atom stereocenters. The Morgan fingerprint density at radius 3 is 2.16 bits per heavy atom. The molecule has 2 aromatic carbocycles. The maximum atomic E-state index is 11.2. The van der Waals surface area contributed by atoms with Crippen molar-refractivity contribution < 1.29 is 22.6 Å². The summed E-state index contributed by atoms with van der Waals surface area (Å²) in [4.78, 5) is 26.2. The number of thiazole rings is 1. The molecule has 0 saturated carbocycles. The van der Waals surface area contributed by atoms with E-state index in [1.807, 2.05) is 47.8 Å². The van der Waals surface area contributed by atoms with Crippen molar-refractivity contribution in [1.29, 1.82) is 0 Å². The van der Waals surface area contributed by atoms with Gasteiger partial charge in [0, 0.05) is 22.3 Å². The number of hydrogen-bond donors (Lipinski definition) is 4. The SMILES string of the molecule is CS(=O)(=O)O.Nc1nc(-c2ccc3c(c2)CC(=O)N3)cs1.O=C1Cc2ccccc2N1. The van der Waals surface area contributed by atoms with Gasteiger partial charge < -0.3 is 16.4 Å². The number of fused-ring (bicyclic) bond motifs is 2. The van der Waals surface area contributed by atoms with Crippen LogP contribution in [0.15, 0.2) is 47.8 Å². The first kappa shape index (κ1) is 22.4. The minimum atomic E-state index is -3.67. The molecule has 0 fully saturated rings. The number of nitrogen functional groups attached to an aromatic ring is 1. The van der Waals surface area contributed by atoms with Crippen LogP contribution in [-0.2, 0) is 32.5 Å². The Kier molecular flexibility index (Phi) is 6.68. The van der Waals surface area contributed by atoms with Crippen molar-refractivity contribution in [3.63, 3.8) is 0 Å². The summed E-state index contributed by atoms with van der Waals surface area (Å²) in [5.74, 6) is 0.145. The van der Waals surface area contributed by atoms with Crippen molar-refractivity contribution >= 4 is 49.8 Å². The molecule has 0 bridgehead atoms. The molecule has 0 saturated heterocycles. The Balaban J connectivity index is 0.000000155. The normalized spacial score (nSPS) is 13.6. The summed E-state index contributed by atoms with van der Waals surface area (Å²) in [6, 6.07) is 13.6. The van der Waals surface area contributed by atoms with Crippen LogP contribution < -0.4 is 16.4 Å². The summed E-state index contributed by atoms with van der Waals surface area (Å²) >= 11 is 1.42. The van der Waals surface area contributed by atoms with Crippen molar-refractivity contribution in [2.45, 2.75) is 12.8 Å². The number of nitrogens with zero attached hydrogens (tertiary/aromatic N) is 1. The van der Waals surface area contributed by atoms with E-state index in [1.165, 1.54) is 11.3 Å². The van der Waals surface area contributed by atoms with Crippen LogP contribution >= 0.6 is 11.3 Å². The van der Waals surface area contributed by atoms with Gasteiger partial charge in [-0.15, -0.1) is 11.3 Å². The van der Waals surface area contributed by atoms with Crippen molar-refractivity contribution in [2.24, 2.45) is 0 Å². The quantitative estimate of drug-likeness (QED) is 0.407. The molecule has 5 N–H and O–H groups in total. The minimum absolute atomic E-state index is 0.0462. The molecular weight excluding hydrogens is 440 g/mol. The van der Waals surface area contributed by atoms with Gasteiger partial charge in [-0.1, -0.05) is 24.3 Å². The molecule has 0 spiro atoms. The zero-order valence-corrected chi connectivity index (χ0v) is 18.1. The minimum Gasteiger partial charge on any atom is -0.375 e. The van der Waals surface area contributed by atoms with E-state index in [9.17, 15) is 18.0 Å². The van der Waals surface area contributed by atoms with Crippen LogP contribution in [0.4, 0.5) is 16.5 Å². The molecule has 0 aliphatic carbocycles. The van der Waals surface area contributed by atoms with Crippen LogP contribution in [0.5, 0.6) is 0 Å². The Morgan fingerprint density at radius 2 is 1.58 bits per heavy atom. The third-order valence-electron chi connectivity index (χ3n) is 4.19. The summed E-state index contributed by atoms with van der Waals surface area (Å²) in [5, 5.41) is 8.04.